The van der Waals surface area contributed by atoms with Crippen molar-refractivity contribution in [3.8, 4) is 5.75 Å². The summed E-state index contributed by atoms with van der Waals surface area (Å²) in [7, 11) is -2.28. The number of benzene rings is 2. The molecule has 1 aliphatic heterocycles. The van der Waals surface area contributed by atoms with Gasteiger partial charge in [-0.25, -0.2) is 17.6 Å². The Morgan fingerprint density at radius 2 is 1.73 bits per heavy atom. The van der Waals surface area contributed by atoms with Crippen LogP contribution in [-0.2, 0) is 21.4 Å². The van der Waals surface area contributed by atoms with Crippen molar-refractivity contribution in [3.63, 3.8) is 0 Å². The first-order valence-electron chi connectivity index (χ1n) is 10.5. The summed E-state index contributed by atoms with van der Waals surface area (Å²) >= 11 is 0. The number of amides is 3. The van der Waals surface area contributed by atoms with Gasteiger partial charge in [-0.15, -0.1) is 0 Å². The Morgan fingerprint density at radius 1 is 1.03 bits per heavy atom. The van der Waals surface area contributed by atoms with Gasteiger partial charge in [0, 0.05) is 19.6 Å². The van der Waals surface area contributed by atoms with Gasteiger partial charge < -0.3 is 20.7 Å². The number of anilines is 1. The third kappa shape index (κ3) is 6.65. The quantitative estimate of drug-likeness (QED) is 0.539. The number of nitrogens with one attached hydrogen (secondary N) is 3. The molecule has 0 aliphatic carbocycles. The first kappa shape index (κ1) is 24.5. The molecule has 1 aliphatic rings. The molecule has 3 N–H and O–H groups in total. The molecule has 1 saturated heterocycles. The summed E-state index contributed by atoms with van der Waals surface area (Å²) in [5.74, 6) is -0.637. The molecular weight excluding hydrogens is 451 g/mol. The fraction of sp³-hybridized carbons (Fsp3) is 0.364. The Balaban J connectivity index is 1.58. The second kappa shape index (κ2) is 11.1. The maximum atomic E-state index is 12.9. The van der Waals surface area contributed by atoms with E-state index in [-0.39, 0.29) is 29.5 Å². The average molecular weight is 479 g/mol. The van der Waals surface area contributed by atoms with E-state index in [2.05, 4.69) is 16.0 Å². The van der Waals surface area contributed by atoms with Gasteiger partial charge in [0.05, 0.1) is 24.2 Å². The van der Waals surface area contributed by atoms with Crippen molar-refractivity contribution in [1.82, 2.24) is 14.9 Å². The summed E-state index contributed by atoms with van der Waals surface area (Å²) in [6.07, 6.45) is 2.63. The maximum Gasteiger partial charge on any atom is 0.315 e. The smallest absolute Gasteiger partial charge is 0.315 e. The number of carbonyl (C=O) groups excluding carboxylic acids is 2. The molecule has 33 heavy (non-hydrogen) atoms. The van der Waals surface area contributed by atoms with Crippen molar-refractivity contribution in [2.45, 2.75) is 30.7 Å². The SMILES string of the molecule is COc1ccc(S(=O)(=O)N2CCCCC2)cc1NC(=O)CNC(=O)NCc1ccc(F)cc1. The fourth-order valence-corrected chi connectivity index (χ4v) is 4.95. The number of urea groups is 1. The largest absolute Gasteiger partial charge is 0.495 e. The Labute approximate surface area is 192 Å². The van der Waals surface area contributed by atoms with E-state index >= 15 is 0 Å². The van der Waals surface area contributed by atoms with Crippen LogP contribution in [0, 0.1) is 5.82 Å². The van der Waals surface area contributed by atoms with Gasteiger partial charge in [-0.1, -0.05) is 18.6 Å². The van der Waals surface area contributed by atoms with Crippen molar-refractivity contribution >= 4 is 27.6 Å². The number of sulfonamides is 1. The summed E-state index contributed by atoms with van der Waals surface area (Å²) in [6, 6.07) is 9.36. The summed E-state index contributed by atoms with van der Waals surface area (Å²) in [5.41, 5.74) is 0.890. The number of nitrogens with zero attached hydrogens (tertiary/aromatic N) is 1. The first-order chi connectivity index (χ1) is 15.8. The van der Waals surface area contributed by atoms with Crippen LogP contribution < -0.4 is 20.7 Å². The minimum absolute atomic E-state index is 0.0606. The monoisotopic (exact) mass is 478 g/mol. The summed E-state index contributed by atoms with van der Waals surface area (Å²) < 4.78 is 45.5. The number of hydrogen-bond donors (Lipinski definition) is 3. The highest BCUT2D eigenvalue weighted by molar-refractivity contribution is 7.89. The molecule has 0 saturated carbocycles. The van der Waals surface area contributed by atoms with Crippen LogP contribution in [0.1, 0.15) is 24.8 Å². The third-order valence-corrected chi connectivity index (χ3v) is 7.07. The lowest BCUT2D eigenvalue weighted by atomic mass is 10.2. The molecule has 11 heteroatoms. The maximum absolute atomic E-state index is 12.9. The number of methoxy groups -OCH3 is 1. The third-order valence-electron chi connectivity index (χ3n) is 5.17. The van der Waals surface area contributed by atoms with Gasteiger partial charge in [-0.05, 0) is 48.7 Å². The second-order valence-corrected chi connectivity index (χ2v) is 9.48. The van der Waals surface area contributed by atoms with Crippen molar-refractivity contribution in [2.75, 3.05) is 32.1 Å². The molecule has 9 nitrogen and oxygen atoms in total. The highest BCUT2D eigenvalue weighted by Crippen LogP contribution is 2.29. The minimum Gasteiger partial charge on any atom is -0.495 e. The average Bonchev–Trinajstić information content (AvgIpc) is 2.83. The lowest BCUT2D eigenvalue weighted by molar-refractivity contribution is -0.115. The van der Waals surface area contributed by atoms with E-state index in [0.29, 0.717) is 24.4 Å². The van der Waals surface area contributed by atoms with Crippen LogP contribution in [0.25, 0.3) is 0 Å². The van der Waals surface area contributed by atoms with Crippen LogP contribution in [-0.4, -0.2) is 51.4 Å². The van der Waals surface area contributed by atoms with Gasteiger partial charge in [-0.3, -0.25) is 4.79 Å². The molecule has 2 aromatic rings. The van der Waals surface area contributed by atoms with E-state index < -0.39 is 22.0 Å². The predicted molar refractivity (Wildman–Crippen MR) is 121 cm³/mol. The molecule has 3 rings (SSSR count). The number of rotatable bonds is 8. The van der Waals surface area contributed by atoms with Gasteiger partial charge in [0.2, 0.25) is 15.9 Å². The molecule has 0 atom stereocenters. The van der Waals surface area contributed by atoms with E-state index in [4.69, 9.17) is 4.74 Å². The van der Waals surface area contributed by atoms with Gasteiger partial charge in [-0.2, -0.15) is 4.31 Å². The molecule has 0 spiro atoms. The van der Waals surface area contributed by atoms with E-state index in [1.807, 2.05) is 0 Å². The van der Waals surface area contributed by atoms with Crippen LogP contribution in [0.3, 0.4) is 0 Å². The molecule has 1 fully saturated rings. The molecule has 0 aromatic heterocycles. The van der Waals surface area contributed by atoms with E-state index in [1.54, 1.807) is 12.1 Å². The number of carbonyl (C=O) groups is 2. The molecule has 0 unspecified atom stereocenters. The minimum atomic E-state index is -3.68. The molecule has 0 bridgehead atoms. The van der Waals surface area contributed by atoms with Crippen molar-refractivity contribution in [2.24, 2.45) is 0 Å². The summed E-state index contributed by atoms with van der Waals surface area (Å²) in [5, 5.41) is 7.56. The first-order valence-corrected chi connectivity index (χ1v) is 12.0. The van der Waals surface area contributed by atoms with Crippen molar-refractivity contribution in [1.29, 1.82) is 0 Å². The number of hydrogen-bond acceptors (Lipinski definition) is 5. The van der Waals surface area contributed by atoms with Crippen molar-refractivity contribution in [3.05, 3.63) is 53.8 Å². The van der Waals surface area contributed by atoms with E-state index in [0.717, 1.165) is 19.3 Å². The molecule has 0 radical (unpaired) electrons. The van der Waals surface area contributed by atoms with Gasteiger partial charge >= 0.3 is 6.03 Å². The standard InChI is InChI=1S/C22H27FN4O5S/c1-32-20-10-9-18(33(30,31)27-11-3-2-4-12-27)13-19(20)26-21(28)15-25-22(29)24-14-16-5-7-17(23)8-6-16/h5-10,13H,2-4,11-12,14-15H2,1H3,(H,26,28)(H2,24,25,29). The zero-order valence-electron chi connectivity index (χ0n) is 18.3. The lowest BCUT2D eigenvalue weighted by Gasteiger charge is -2.26. The van der Waals surface area contributed by atoms with E-state index in [1.165, 1.54) is 41.7 Å². The zero-order chi connectivity index (χ0) is 23.8. The summed E-state index contributed by atoms with van der Waals surface area (Å²) in [6.45, 7) is 0.749. The Bertz CT molecular complexity index is 1090. The van der Waals surface area contributed by atoms with Crippen molar-refractivity contribution < 1.29 is 27.1 Å². The second-order valence-electron chi connectivity index (χ2n) is 7.54. The number of halogens is 1. The van der Waals surface area contributed by atoms with Gasteiger partial charge in [0.25, 0.3) is 0 Å². The fourth-order valence-electron chi connectivity index (χ4n) is 3.40. The van der Waals surface area contributed by atoms with E-state index in [9.17, 15) is 22.4 Å². The van der Waals surface area contributed by atoms with Crippen LogP contribution in [0.5, 0.6) is 5.75 Å². The molecule has 178 valence electrons. The lowest BCUT2D eigenvalue weighted by Crippen LogP contribution is -2.39. The molecule has 3 amide bonds. The van der Waals surface area contributed by atoms with Crippen LogP contribution in [0.15, 0.2) is 47.4 Å². The topological polar surface area (TPSA) is 117 Å². The highest BCUT2D eigenvalue weighted by Gasteiger charge is 2.27. The Hall–Kier alpha value is -3.18. The Kier molecular flexibility index (Phi) is 8.23. The zero-order valence-corrected chi connectivity index (χ0v) is 19.1. The van der Waals surface area contributed by atoms with Gasteiger partial charge in [0.1, 0.15) is 11.6 Å². The number of ether oxygens (including phenoxy) is 1. The van der Waals surface area contributed by atoms with Crippen LogP contribution in [0.4, 0.5) is 14.9 Å². The predicted octanol–water partition coefficient (Wildman–Crippen LogP) is 2.45. The molecule has 2 aromatic carbocycles. The molecule has 1 heterocycles. The highest BCUT2D eigenvalue weighted by atomic mass is 32.2. The number of piperidine rings is 1. The summed E-state index contributed by atoms with van der Waals surface area (Å²) in [4.78, 5) is 24.3. The Morgan fingerprint density at radius 3 is 2.39 bits per heavy atom. The molecular formula is C22H27FN4O5S. The van der Waals surface area contributed by atoms with Crippen LogP contribution in [0.2, 0.25) is 0 Å². The van der Waals surface area contributed by atoms with Gasteiger partial charge in [0.15, 0.2) is 0 Å². The van der Waals surface area contributed by atoms with Crippen LogP contribution >= 0.6 is 0 Å². The normalized spacial score (nSPS) is 14.4.